The number of carbonyl (C=O) groups is 2. The summed E-state index contributed by atoms with van der Waals surface area (Å²) in [6.45, 7) is 6.08. The maximum absolute atomic E-state index is 12.7. The summed E-state index contributed by atoms with van der Waals surface area (Å²) in [5, 5.41) is 7.81. The van der Waals surface area contributed by atoms with Gasteiger partial charge in [-0.2, -0.15) is 0 Å². The van der Waals surface area contributed by atoms with Gasteiger partial charge in [-0.3, -0.25) is 15.0 Å². The van der Waals surface area contributed by atoms with Gasteiger partial charge in [0.25, 0.3) is 0 Å². The molecule has 166 valence electrons. The zero-order valence-electron chi connectivity index (χ0n) is 18.1. The maximum Gasteiger partial charge on any atom is 0.325 e. The Balaban J connectivity index is 1.22. The first-order valence-corrected chi connectivity index (χ1v) is 11.6. The minimum absolute atomic E-state index is 0.0744. The number of hydrogen-bond donors (Lipinski definition) is 2. The molecule has 3 amide bonds. The van der Waals surface area contributed by atoms with Crippen LogP contribution < -0.4 is 10.6 Å². The minimum Gasteiger partial charge on any atom is -0.340 e. The maximum atomic E-state index is 12.7. The number of nitrogens with zero attached hydrogens (tertiary/aromatic N) is 3. The SMILES string of the molecule is Cc1ccc(NC(=O)Nc2nc(CC(=O)N3CCN(Cc4ccccc4)CC3)cs2)cc1. The van der Waals surface area contributed by atoms with Crippen LogP contribution in [0.4, 0.5) is 15.6 Å². The standard InChI is InChI=1S/C24H27N5O2S/c1-18-7-9-20(10-8-18)25-23(31)27-24-26-21(17-32-24)15-22(30)29-13-11-28(12-14-29)16-19-5-3-2-4-6-19/h2-10,17H,11-16H2,1H3,(H2,25,26,27,31). The number of carbonyl (C=O) groups excluding carboxylic acids is 2. The molecule has 0 atom stereocenters. The number of aromatic nitrogens is 1. The molecule has 0 saturated carbocycles. The van der Waals surface area contributed by atoms with Gasteiger partial charge in [0, 0.05) is 43.8 Å². The first-order chi connectivity index (χ1) is 15.5. The molecule has 1 aliphatic rings. The van der Waals surface area contributed by atoms with E-state index in [0.29, 0.717) is 16.5 Å². The molecule has 0 radical (unpaired) electrons. The van der Waals surface area contributed by atoms with Crippen LogP contribution in [0.3, 0.4) is 0 Å². The van der Waals surface area contributed by atoms with Crippen molar-refractivity contribution in [2.75, 3.05) is 36.8 Å². The highest BCUT2D eigenvalue weighted by Crippen LogP contribution is 2.18. The molecule has 2 heterocycles. The van der Waals surface area contributed by atoms with Crippen LogP contribution in [0.2, 0.25) is 0 Å². The Morgan fingerprint density at radius 2 is 1.69 bits per heavy atom. The number of piperazine rings is 1. The Morgan fingerprint density at radius 3 is 2.41 bits per heavy atom. The van der Waals surface area contributed by atoms with Crippen LogP contribution in [0.5, 0.6) is 0 Å². The molecule has 7 nitrogen and oxygen atoms in total. The largest absolute Gasteiger partial charge is 0.340 e. The van der Waals surface area contributed by atoms with E-state index in [1.54, 1.807) is 0 Å². The predicted octanol–water partition coefficient (Wildman–Crippen LogP) is 3.98. The molecule has 4 rings (SSSR count). The summed E-state index contributed by atoms with van der Waals surface area (Å²) in [6, 6.07) is 17.6. The molecule has 0 aliphatic carbocycles. The number of nitrogens with one attached hydrogen (secondary N) is 2. The summed E-state index contributed by atoms with van der Waals surface area (Å²) in [4.78, 5) is 33.5. The van der Waals surface area contributed by atoms with E-state index in [1.165, 1.54) is 16.9 Å². The average Bonchev–Trinajstić information content (AvgIpc) is 3.23. The van der Waals surface area contributed by atoms with Gasteiger partial charge in [-0.1, -0.05) is 48.0 Å². The molecule has 0 bridgehead atoms. The topological polar surface area (TPSA) is 77.6 Å². The quantitative estimate of drug-likeness (QED) is 0.597. The normalized spacial score (nSPS) is 14.2. The van der Waals surface area contributed by atoms with Gasteiger partial charge in [-0.05, 0) is 24.6 Å². The van der Waals surface area contributed by atoms with Gasteiger partial charge in [-0.25, -0.2) is 9.78 Å². The lowest BCUT2D eigenvalue weighted by Crippen LogP contribution is -2.48. The third-order valence-corrected chi connectivity index (χ3v) is 6.19. The Bertz CT molecular complexity index is 1040. The van der Waals surface area contributed by atoms with Crippen LogP contribution in [0.15, 0.2) is 60.0 Å². The molecule has 1 saturated heterocycles. The second-order valence-corrected chi connectivity index (χ2v) is 8.77. The van der Waals surface area contributed by atoms with E-state index in [1.807, 2.05) is 47.5 Å². The molecule has 1 fully saturated rings. The van der Waals surface area contributed by atoms with Crippen molar-refractivity contribution in [1.29, 1.82) is 0 Å². The number of rotatable bonds is 6. The fourth-order valence-corrected chi connectivity index (χ4v) is 4.31. The van der Waals surface area contributed by atoms with E-state index >= 15 is 0 Å². The molecule has 3 aromatic rings. The predicted molar refractivity (Wildman–Crippen MR) is 128 cm³/mol. The van der Waals surface area contributed by atoms with Gasteiger partial charge in [0.05, 0.1) is 12.1 Å². The number of amides is 3. The van der Waals surface area contributed by atoms with Gasteiger partial charge in [-0.15, -0.1) is 11.3 Å². The molecule has 32 heavy (non-hydrogen) atoms. The van der Waals surface area contributed by atoms with Crippen molar-refractivity contribution < 1.29 is 9.59 Å². The smallest absolute Gasteiger partial charge is 0.325 e. The van der Waals surface area contributed by atoms with Gasteiger partial charge in [0.15, 0.2) is 5.13 Å². The molecular weight excluding hydrogens is 422 g/mol. The fourth-order valence-electron chi connectivity index (χ4n) is 3.61. The van der Waals surface area contributed by atoms with Crippen molar-refractivity contribution in [2.45, 2.75) is 19.9 Å². The third-order valence-electron chi connectivity index (χ3n) is 5.39. The second kappa shape index (κ2) is 10.4. The summed E-state index contributed by atoms with van der Waals surface area (Å²) in [6.07, 6.45) is 0.246. The summed E-state index contributed by atoms with van der Waals surface area (Å²) in [5.41, 5.74) is 3.81. The van der Waals surface area contributed by atoms with E-state index < -0.39 is 0 Å². The van der Waals surface area contributed by atoms with E-state index in [2.05, 4.69) is 44.8 Å². The van der Waals surface area contributed by atoms with E-state index in [4.69, 9.17) is 0 Å². The highest BCUT2D eigenvalue weighted by molar-refractivity contribution is 7.14. The van der Waals surface area contributed by atoms with Crippen molar-refractivity contribution in [3.63, 3.8) is 0 Å². The highest BCUT2D eigenvalue weighted by atomic mass is 32.1. The first kappa shape index (κ1) is 22.0. The van der Waals surface area contributed by atoms with Crippen LogP contribution in [0.1, 0.15) is 16.8 Å². The number of benzene rings is 2. The summed E-state index contributed by atoms with van der Waals surface area (Å²) in [7, 11) is 0. The fraction of sp³-hybridized carbons (Fsp3) is 0.292. The monoisotopic (exact) mass is 449 g/mol. The number of thiazole rings is 1. The van der Waals surface area contributed by atoms with Gasteiger partial charge in [0.1, 0.15) is 0 Å². The molecular formula is C24H27N5O2S. The third kappa shape index (κ3) is 6.15. The molecule has 1 aromatic heterocycles. The molecule has 2 aromatic carbocycles. The second-order valence-electron chi connectivity index (χ2n) is 7.91. The van der Waals surface area contributed by atoms with Crippen molar-refractivity contribution in [3.05, 3.63) is 76.8 Å². The van der Waals surface area contributed by atoms with E-state index in [-0.39, 0.29) is 18.4 Å². The molecule has 8 heteroatoms. The van der Waals surface area contributed by atoms with E-state index in [9.17, 15) is 9.59 Å². The van der Waals surface area contributed by atoms with Crippen molar-refractivity contribution in [3.8, 4) is 0 Å². The van der Waals surface area contributed by atoms with Gasteiger partial charge in [0.2, 0.25) is 5.91 Å². The minimum atomic E-state index is -0.351. The Hall–Kier alpha value is -3.23. The molecule has 1 aliphatic heterocycles. The number of hydrogen-bond acceptors (Lipinski definition) is 5. The van der Waals surface area contributed by atoms with Crippen molar-refractivity contribution in [1.82, 2.24) is 14.8 Å². The van der Waals surface area contributed by atoms with Crippen LogP contribution in [-0.4, -0.2) is 52.9 Å². The van der Waals surface area contributed by atoms with Crippen LogP contribution in [-0.2, 0) is 17.8 Å². The van der Waals surface area contributed by atoms with Crippen LogP contribution >= 0.6 is 11.3 Å². The summed E-state index contributed by atoms with van der Waals surface area (Å²) < 4.78 is 0. The molecule has 2 N–H and O–H groups in total. The molecule has 0 unspecified atom stereocenters. The van der Waals surface area contributed by atoms with E-state index in [0.717, 1.165) is 38.3 Å². The average molecular weight is 450 g/mol. The van der Waals surface area contributed by atoms with Crippen LogP contribution in [0, 0.1) is 6.92 Å². The Morgan fingerprint density at radius 1 is 0.969 bits per heavy atom. The van der Waals surface area contributed by atoms with Gasteiger partial charge < -0.3 is 10.2 Å². The lowest BCUT2D eigenvalue weighted by atomic mass is 10.2. The summed E-state index contributed by atoms with van der Waals surface area (Å²) in [5.74, 6) is 0.0744. The number of anilines is 2. The Kier molecular flexibility index (Phi) is 7.14. The van der Waals surface area contributed by atoms with Crippen molar-refractivity contribution >= 4 is 34.1 Å². The number of urea groups is 1. The Labute approximate surface area is 192 Å². The van der Waals surface area contributed by atoms with Crippen LogP contribution in [0.25, 0.3) is 0 Å². The molecule has 0 spiro atoms. The van der Waals surface area contributed by atoms with Crippen molar-refractivity contribution in [2.24, 2.45) is 0 Å². The summed E-state index contributed by atoms with van der Waals surface area (Å²) >= 11 is 1.32. The highest BCUT2D eigenvalue weighted by Gasteiger charge is 2.22. The van der Waals surface area contributed by atoms with Gasteiger partial charge >= 0.3 is 6.03 Å². The lowest BCUT2D eigenvalue weighted by molar-refractivity contribution is -0.132. The first-order valence-electron chi connectivity index (χ1n) is 10.7. The zero-order valence-corrected chi connectivity index (χ0v) is 18.9. The lowest BCUT2D eigenvalue weighted by Gasteiger charge is -2.34. The number of aryl methyl sites for hydroxylation is 1. The zero-order chi connectivity index (χ0) is 22.3.